The van der Waals surface area contributed by atoms with Gasteiger partial charge in [0.2, 0.25) is 0 Å². The maximum absolute atomic E-state index is 4.51. The molecule has 0 amide bonds. The van der Waals surface area contributed by atoms with Crippen molar-refractivity contribution in [2.75, 3.05) is 0 Å². The van der Waals surface area contributed by atoms with Crippen molar-refractivity contribution in [1.29, 1.82) is 0 Å². The number of hydrogen-bond donors (Lipinski definition) is 1. The van der Waals surface area contributed by atoms with Crippen molar-refractivity contribution >= 4 is 11.3 Å². The number of aromatic nitrogens is 1. The molecule has 0 spiro atoms. The quantitative estimate of drug-likeness (QED) is 0.878. The van der Waals surface area contributed by atoms with Crippen LogP contribution in [0, 0.1) is 18.8 Å². The summed E-state index contributed by atoms with van der Waals surface area (Å²) in [7, 11) is 0. The van der Waals surface area contributed by atoms with Crippen LogP contribution in [0.1, 0.15) is 62.4 Å². The maximum Gasteiger partial charge on any atom is 0.109 e. The Balaban J connectivity index is 1.98. The Bertz CT molecular complexity index is 372. The topological polar surface area (TPSA) is 24.9 Å². The van der Waals surface area contributed by atoms with E-state index in [9.17, 15) is 0 Å². The van der Waals surface area contributed by atoms with E-state index in [1.54, 1.807) is 0 Å². The fourth-order valence-corrected chi connectivity index (χ4v) is 3.91. The highest BCUT2D eigenvalue weighted by Crippen LogP contribution is 2.32. The Kier molecular flexibility index (Phi) is 4.79. The Morgan fingerprint density at radius 1 is 1.28 bits per heavy atom. The van der Waals surface area contributed by atoms with Gasteiger partial charge in [-0.1, -0.05) is 26.7 Å². The first kappa shape index (κ1) is 14.0. The summed E-state index contributed by atoms with van der Waals surface area (Å²) in [6.45, 7) is 9.11. The van der Waals surface area contributed by atoms with Crippen LogP contribution < -0.4 is 5.32 Å². The van der Waals surface area contributed by atoms with Gasteiger partial charge in [-0.2, -0.15) is 0 Å². The van der Waals surface area contributed by atoms with Crippen LogP contribution in [-0.2, 0) is 0 Å². The molecule has 1 heterocycles. The van der Waals surface area contributed by atoms with Crippen LogP contribution >= 0.6 is 11.3 Å². The van der Waals surface area contributed by atoms with Crippen LogP contribution in [0.25, 0.3) is 0 Å². The normalized spacial score (nSPS) is 26.5. The molecule has 2 rings (SSSR count). The highest BCUT2D eigenvalue weighted by Gasteiger charge is 2.28. The monoisotopic (exact) mass is 266 g/mol. The number of rotatable bonds is 4. The summed E-state index contributed by atoms with van der Waals surface area (Å²) < 4.78 is 0. The largest absolute Gasteiger partial charge is 0.305 e. The summed E-state index contributed by atoms with van der Waals surface area (Å²) in [5.41, 5.74) is 0. The smallest absolute Gasteiger partial charge is 0.109 e. The van der Waals surface area contributed by atoms with Crippen LogP contribution in [0.15, 0.2) is 6.20 Å². The third kappa shape index (κ3) is 3.33. The number of nitrogens with one attached hydrogen (secondary N) is 1. The van der Waals surface area contributed by atoms with E-state index in [0.29, 0.717) is 12.1 Å². The molecule has 1 aliphatic carbocycles. The molecule has 1 saturated carbocycles. The van der Waals surface area contributed by atoms with E-state index in [1.165, 1.54) is 35.6 Å². The van der Waals surface area contributed by atoms with Crippen LogP contribution in [0.2, 0.25) is 0 Å². The van der Waals surface area contributed by atoms with E-state index < -0.39 is 0 Å². The molecule has 102 valence electrons. The average molecular weight is 266 g/mol. The average Bonchev–Trinajstić information content (AvgIpc) is 2.76. The first-order valence-electron chi connectivity index (χ1n) is 7.26. The summed E-state index contributed by atoms with van der Waals surface area (Å²) >= 11 is 1.82. The molecule has 2 nitrogen and oxygen atoms in total. The number of thiazole rings is 1. The van der Waals surface area contributed by atoms with E-state index in [1.807, 2.05) is 17.5 Å². The van der Waals surface area contributed by atoms with Gasteiger partial charge in [0, 0.05) is 17.1 Å². The second-order valence-electron chi connectivity index (χ2n) is 6.00. The van der Waals surface area contributed by atoms with Gasteiger partial charge in [-0.3, -0.25) is 0 Å². The SMILES string of the molecule is Cc1cnc(C(C)NC2CCCCC2C(C)C)s1. The minimum atomic E-state index is 0.396. The summed E-state index contributed by atoms with van der Waals surface area (Å²) in [5, 5.41) is 5.06. The molecular weight excluding hydrogens is 240 g/mol. The molecule has 3 atom stereocenters. The van der Waals surface area contributed by atoms with Gasteiger partial charge in [-0.05, 0) is 38.5 Å². The van der Waals surface area contributed by atoms with E-state index in [2.05, 4.69) is 38.0 Å². The molecular formula is C15H26N2S. The zero-order valence-electron chi connectivity index (χ0n) is 12.1. The van der Waals surface area contributed by atoms with Crippen LogP contribution in [0.5, 0.6) is 0 Å². The minimum Gasteiger partial charge on any atom is -0.305 e. The standard InChI is InChI=1S/C15H26N2S/c1-10(2)13-7-5-6-8-14(13)17-12(4)15-16-9-11(3)18-15/h9-10,12-14,17H,5-8H2,1-4H3. The van der Waals surface area contributed by atoms with E-state index in [4.69, 9.17) is 0 Å². The summed E-state index contributed by atoms with van der Waals surface area (Å²) in [6.07, 6.45) is 7.49. The molecule has 0 aliphatic heterocycles. The van der Waals surface area contributed by atoms with Crippen molar-refractivity contribution in [1.82, 2.24) is 10.3 Å². The molecule has 3 heteroatoms. The molecule has 1 aromatic rings. The van der Waals surface area contributed by atoms with Gasteiger partial charge in [0.1, 0.15) is 5.01 Å². The predicted octanol–water partition coefficient (Wildman–Crippen LogP) is 4.32. The zero-order chi connectivity index (χ0) is 13.1. The van der Waals surface area contributed by atoms with Crippen molar-refractivity contribution in [2.45, 2.75) is 65.5 Å². The van der Waals surface area contributed by atoms with E-state index in [-0.39, 0.29) is 0 Å². The summed E-state index contributed by atoms with van der Waals surface area (Å²) in [5.74, 6) is 1.62. The van der Waals surface area contributed by atoms with Crippen molar-refractivity contribution in [3.63, 3.8) is 0 Å². The maximum atomic E-state index is 4.51. The molecule has 1 fully saturated rings. The fraction of sp³-hybridized carbons (Fsp3) is 0.800. The lowest BCUT2D eigenvalue weighted by Gasteiger charge is -2.36. The second kappa shape index (κ2) is 6.16. The molecule has 1 N–H and O–H groups in total. The molecule has 0 saturated heterocycles. The Morgan fingerprint density at radius 2 is 2.00 bits per heavy atom. The third-order valence-corrected chi connectivity index (χ3v) is 5.24. The van der Waals surface area contributed by atoms with Crippen molar-refractivity contribution in [3.8, 4) is 0 Å². The Hall–Kier alpha value is -0.410. The summed E-state index contributed by atoms with van der Waals surface area (Å²) in [6, 6.07) is 1.08. The van der Waals surface area contributed by atoms with Crippen molar-refractivity contribution in [3.05, 3.63) is 16.1 Å². The van der Waals surface area contributed by atoms with Crippen LogP contribution in [0.3, 0.4) is 0 Å². The highest BCUT2D eigenvalue weighted by atomic mass is 32.1. The predicted molar refractivity (Wildman–Crippen MR) is 79.0 cm³/mol. The van der Waals surface area contributed by atoms with E-state index >= 15 is 0 Å². The zero-order valence-corrected chi connectivity index (χ0v) is 12.9. The molecule has 1 aromatic heterocycles. The van der Waals surface area contributed by atoms with Gasteiger partial charge in [-0.15, -0.1) is 11.3 Å². The molecule has 0 aromatic carbocycles. The Morgan fingerprint density at radius 3 is 2.61 bits per heavy atom. The lowest BCUT2D eigenvalue weighted by atomic mass is 9.77. The lowest BCUT2D eigenvalue weighted by Crippen LogP contribution is -2.41. The van der Waals surface area contributed by atoms with Gasteiger partial charge in [0.25, 0.3) is 0 Å². The van der Waals surface area contributed by atoms with Gasteiger partial charge in [0.15, 0.2) is 0 Å². The fourth-order valence-electron chi connectivity index (χ4n) is 3.13. The molecule has 18 heavy (non-hydrogen) atoms. The van der Waals surface area contributed by atoms with Gasteiger partial charge < -0.3 is 5.32 Å². The van der Waals surface area contributed by atoms with Gasteiger partial charge in [0.05, 0.1) is 6.04 Å². The summed E-state index contributed by atoms with van der Waals surface area (Å²) in [4.78, 5) is 5.82. The Labute approximate surface area is 115 Å². The first-order chi connectivity index (χ1) is 8.58. The highest BCUT2D eigenvalue weighted by molar-refractivity contribution is 7.11. The molecule has 1 aliphatic rings. The van der Waals surface area contributed by atoms with Crippen LogP contribution in [-0.4, -0.2) is 11.0 Å². The molecule has 0 bridgehead atoms. The molecule has 0 radical (unpaired) electrons. The minimum absolute atomic E-state index is 0.396. The number of nitrogens with zero attached hydrogens (tertiary/aromatic N) is 1. The van der Waals surface area contributed by atoms with Gasteiger partial charge >= 0.3 is 0 Å². The van der Waals surface area contributed by atoms with Crippen LogP contribution in [0.4, 0.5) is 0 Å². The van der Waals surface area contributed by atoms with Gasteiger partial charge in [-0.25, -0.2) is 4.98 Å². The third-order valence-electron chi connectivity index (χ3n) is 4.15. The number of aryl methyl sites for hydroxylation is 1. The second-order valence-corrected chi connectivity index (χ2v) is 7.26. The van der Waals surface area contributed by atoms with E-state index in [0.717, 1.165) is 11.8 Å². The van der Waals surface area contributed by atoms with Crippen molar-refractivity contribution in [2.24, 2.45) is 11.8 Å². The number of hydrogen-bond acceptors (Lipinski definition) is 3. The lowest BCUT2D eigenvalue weighted by molar-refractivity contribution is 0.195. The molecule has 3 unspecified atom stereocenters. The first-order valence-corrected chi connectivity index (χ1v) is 8.08. The van der Waals surface area contributed by atoms with Crippen molar-refractivity contribution < 1.29 is 0 Å².